The van der Waals surface area contributed by atoms with Crippen molar-refractivity contribution in [3.63, 3.8) is 0 Å². The SMILES string of the molecule is CCCCCCCCCCCCCCCCCCN(CCCCCCCCCCCCCCCCCC)C(=O)[C@H](CC(=O)O)NC(=O)[C@H](CCCNCCCN)NCCCN. The highest BCUT2D eigenvalue weighted by molar-refractivity contribution is 5.92. The Hall–Kier alpha value is -1.75. The van der Waals surface area contributed by atoms with Crippen LogP contribution in [0.5, 0.6) is 0 Å². The van der Waals surface area contributed by atoms with E-state index in [0.717, 1.165) is 70.9 Å². The molecule has 0 saturated heterocycles. The molecule has 0 aliphatic heterocycles. The molecule has 8 N–H and O–H groups in total. The van der Waals surface area contributed by atoms with Gasteiger partial charge in [-0.15, -0.1) is 0 Å². The van der Waals surface area contributed by atoms with Crippen LogP contribution in [-0.4, -0.2) is 85.7 Å². The monoisotopic (exact) mass is 865 g/mol. The van der Waals surface area contributed by atoms with E-state index < -0.39 is 24.5 Å². The van der Waals surface area contributed by atoms with E-state index in [0.29, 0.717) is 39.1 Å². The summed E-state index contributed by atoms with van der Waals surface area (Å²) in [5, 5.41) is 19.4. The van der Waals surface area contributed by atoms with Crippen LogP contribution in [0.2, 0.25) is 0 Å². The molecule has 0 aliphatic rings. The van der Waals surface area contributed by atoms with Crippen molar-refractivity contribution < 1.29 is 19.5 Å². The highest BCUT2D eigenvalue weighted by Crippen LogP contribution is 2.17. The third-order valence-corrected chi connectivity index (χ3v) is 12.4. The molecule has 2 atom stereocenters. The van der Waals surface area contributed by atoms with Gasteiger partial charge in [0.2, 0.25) is 11.8 Å². The second kappa shape index (κ2) is 47.7. The van der Waals surface area contributed by atoms with Gasteiger partial charge in [-0.2, -0.15) is 0 Å². The lowest BCUT2D eigenvalue weighted by atomic mass is 10.0. The molecule has 0 heterocycles. The molecule has 0 spiro atoms. The Morgan fingerprint density at radius 1 is 0.459 bits per heavy atom. The van der Waals surface area contributed by atoms with Gasteiger partial charge in [0.1, 0.15) is 6.04 Å². The molecule has 0 fully saturated rings. The van der Waals surface area contributed by atoms with E-state index in [1.807, 2.05) is 4.90 Å². The van der Waals surface area contributed by atoms with Crippen molar-refractivity contribution in [1.29, 1.82) is 0 Å². The first-order valence-corrected chi connectivity index (χ1v) is 26.6. The van der Waals surface area contributed by atoms with E-state index in [2.05, 4.69) is 29.8 Å². The van der Waals surface area contributed by atoms with Gasteiger partial charge in [0.15, 0.2) is 0 Å². The van der Waals surface area contributed by atoms with Gasteiger partial charge in [-0.25, -0.2) is 0 Å². The third-order valence-electron chi connectivity index (χ3n) is 12.4. The van der Waals surface area contributed by atoms with Gasteiger partial charge in [-0.05, 0) is 71.2 Å². The predicted molar refractivity (Wildman–Crippen MR) is 261 cm³/mol. The van der Waals surface area contributed by atoms with Crippen molar-refractivity contribution in [2.45, 2.75) is 264 Å². The highest BCUT2D eigenvalue weighted by Gasteiger charge is 2.30. The first-order valence-electron chi connectivity index (χ1n) is 26.6. The molecular formula is C51H104N6O4. The molecule has 0 aliphatic carbocycles. The summed E-state index contributed by atoms with van der Waals surface area (Å²) in [6, 6.07) is -1.62. The van der Waals surface area contributed by atoms with Crippen LogP contribution >= 0.6 is 0 Å². The lowest BCUT2D eigenvalue weighted by Crippen LogP contribution is -2.54. The minimum atomic E-state index is -1.09. The van der Waals surface area contributed by atoms with Gasteiger partial charge < -0.3 is 37.4 Å². The summed E-state index contributed by atoms with van der Waals surface area (Å²) in [7, 11) is 0. The Morgan fingerprint density at radius 3 is 1.16 bits per heavy atom. The quantitative estimate of drug-likeness (QED) is 0.0329. The second-order valence-corrected chi connectivity index (χ2v) is 18.3. The number of carbonyl (C=O) groups is 3. The van der Waals surface area contributed by atoms with E-state index in [9.17, 15) is 19.5 Å². The van der Waals surface area contributed by atoms with Crippen LogP contribution in [0.3, 0.4) is 0 Å². The third kappa shape index (κ3) is 40.8. The molecule has 0 radical (unpaired) electrons. The fourth-order valence-corrected chi connectivity index (χ4v) is 8.39. The molecule has 0 aromatic heterocycles. The maximum Gasteiger partial charge on any atom is 0.305 e. The van der Waals surface area contributed by atoms with Gasteiger partial charge >= 0.3 is 5.97 Å². The summed E-state index contributed by atoms with van der Waals surface area (Å²) in [5.74, 6) is -1.66. The maximum atomic E-state index is 14.1. The smallest absolute Gasteiger partial charge is 0.305 e. The Morgan fingerprint density at radius 2 is 0.803 bits per heavy atom. The summed E-state index contributed by atoms with van der Waals surface area (Å²) >= 11 is 0. The number of hydrogen-bond donors (Lipinski definition) is 6. The summed E-state index contributed by atoms with van der Waals surface area (Å²) in [6.45, 7) is 9.08. The van der Waals surface area contributed by atoms with Crippen molar-refractivity contribution in [2.24, 2.45) is 11.5 Å². The van der Waals surface area contributed by atoms with Crippen molar-refractivity contribution in [3.8, 4) is 0 Å². The number of carboxylic acid groups (broad SMARTS) is 1. The molecule has 0 aromatic carbocycles. The van der Waals surface area contributed by atoms with Crippen LogP contribution in [0.25, 0.3) is 0 Å². The molecule has 10 nitrogen and oxygen atoms in total. The first-order chi connectivity index (χ1) is 29.9. The minimum absolute atomic E-state index is 0.262. The van der Waals surface area contributed by atoms with Crippen molar-refractivity contribution in [2.75, 3.05) is 45.8 Å². The Kier molecular flexibility index (Phi) is 46.4. The highest BCUT2D eigenvalue weighted by atomic mass is 16.4. The number of rotatable bonds is 50. The van der Waals surface area contributed by atoms with Crippen LogP contribution in [0.15, 0.2) is 0 Å². The predicted octanol–water partition coefficient (Wildman–Crippen LogP) is 11.3. The van der Waals surface area contributed by atoms with Crippen LogP contribution in [0.1, 0.15) is 251 Å². The van der Waals surface area contributed by atoms with E-state index >= 15 is 0 Å². The molecule has 61 heavy (non-hydrogen) atoms. The van der Waals surface area contributed by atoms with Crippen LogP contribution in [0.4, 0.5) is 0 Å². The normalized spacial score (nSPS) is 12.5. The number of carbonyl (C=O) groups excluding carboxylic acids is 2. The summed E-state index contributed by atoms with van der Waals surface area (Å²) < 4.78 is 0. The summed E-state index contributed by atoms with van der Waals surface area (Å²) in [5.41, 5.74) is 11.3. The standard InChI is InChI=1S/C51H104N6O4/c1-3-5-7-9-11-13-15-17-19-21-23-25-27-29-31-33-44-57(45-34-32-30-28-26-24-22-20-18-16-14-12-10-8-6-4-2)51(61)48(46-49(58)59)56-50(60)47(55-43-37-40-53)38-35-41-54-42-36-39-52/h47-48,54-55H,3-46,52-53H2,1-2H3,(H,56,60)(H,58,59)/t47-,48-/m0/s1. The number of nitrogens with one attached hydrogen (secondary N) is 3. The van der Waals surface area contributed by atoms with E-state index in [1.165, 1.54) is 167 Å². The van der Waals surface area contributed by atoms with Crippen molar-refractivity contribution in [1.82, 2.24) is 20.9 Å². The number of unbranched alkanes of at least 4 members (excludes halogenated alkanes) is 30. The molecule has 0 saturated carbocycles. The van der Waals surface area contributed by atoms with Gasteiger partial charge in [0.05, 0.1) is 12.5 Å². The molecule has 0 unspecified atom stereocenters. The lowest BCUT2D eigenvalue weighted by molar-refractivity contribution is -0.144. The average Bonchev–Trinajstić information content (AvgIpc) is 3.25. The number of hydrogen-bond acceptors (Lipinski definition) is 7. The molecule has 2 amide bonds. The second-order valence-electron chi connectivity index (χ2n) is 18.3. The Labute approximate surface area is 377 Å². The Bertz CT molecular complexity index is 920. The Balaban J connectivity index is 5.00. The number of nitrogens with zero attached hydrogens (tertiary/aromatic N) is 1. The topological polar surface area (TPSA) is 163 Å². The fraction of sp³-hybridized carbons (Fsp3) is 0.941. The molecule has 0 bridgehead atoms. The van der Waals surface area contributed by atoms with Crippen LogP contribution in [0, 0.1) is 0 Å². The zero-order valence-corrected chi connectivity index (χ0v) is 40.5. The van der Waals surface area contributed by atoms with E-state index in [-0.39, 0.29) is 11.8 Å². The van der Waals surface area contributed by atoms with Crippen molar-refractivity contribution >= 4 is 17.8 Å². The average molecular weight is 865 g/mol. The van der Waals surface area contributed by atoms with E-state index in [1.54, 1.807) is 0 Å². The largest absolute Gasteiger partial charge is 0.481 e. The van der Waals surface area contributed by atoms with Crippen LogP contribution < -0.4 is 27.4 Å². The van der Waals surface area contributed by atoms with Gasteiger partial charge in [0.25, 0.3) is 0 Å². The van der Waals surface area contributed by atoms with Crippen molar-refractivity contribution in [3.05, 3.63) is 0 Å². The zero-order valence-electron chi connectivity index (χ0n) is 40.5. The fourth-order valence-electron chi connectivity index (χ4n) is 8.39. The molecule has 362 valence electrons. The summed E-state index contributed by atoms with van der Waals surface area (Å²) in [4.78, 5) is 41.7. The first kappa shape index (κ1) is 59.2. The molecule has 0 rings (SSSR count). The van der Waals surface area contributed by atoms with Gasteiger partial charge in [0, 0.05) is 13.1 Å². The number of aliphatic carboxylic acids is 1. The molecule has 0 aromatic rings. The van der Waals surface area contributed by atoms with Gasteiger partial charge in [-0.1, -0.05) is 206 Å². The van der Waals surface area contributed by atoms with Crippen LogP contribution in [-0.2, 0) is 14.4 Å². The molecular weight excluding hydrogens is 761 g/mol. The lowest BCUT2D eigenvalue weighted by Gasteiger charge is -2.29. The number of carboxylic acids is 1. The van der Waals surface area contributed by atoms with E-state index in [4.69, 9.17) is 11.5 Å². The number of nitrogens with two attached hydrogens (primary N) is 2. The minimum Gasteiger partial charge on any atom is -0.481 e. The maximum absolute atomic E-state index is 14.1. The van der Waals surface area contributed by atoms with Gasteiger partial charge in [-0.3, -0.25) is 14.4 Å². The zero-order chi connectivity index (χ0) is 44.7. The number of amides is 2. The molecule has 10 heteroatoms. The summed E-state index contributed by atoms with van der Waals surface area (Å²) in [6.07, 6.45) is 43.9.